The van der Waals surface area contributed by atoms with Crippen LogP contribution in [0, 0.1) is 5.92 Å². The predicted octanol–water partition coefficient (Wildman–Crippen LogP) is 0.973. The number of carbonyl (C=O) groups is 4. The molecule has 2 aliphatic rings. The molecule has 4 rings (SSSR count). The highest BCUT2D eigenvalue weighted by Crippen LogP contribution is 2.36. The molecule has 1 aromatic heterocycles. The Labute approximate surface area is 182 Å². The number of ether oxygens (including phenoxy) is 3. The number of anilines is 1. The number of urea groups is 1. The number of amides is 4. The average molecular weight is 443 g/mol. The minimum Gasteiger partial charge on any atom is -0.486 e. The topological polar surface area (TPSA) is 136 Å². The van der Waals surface area contributed by atoms with E-state index in [9.17, 15) is 19.2 Å². The maximum Gasteiger partial charge on any atom is 0.321 e. The molecule has 0 bridgehead atoms. The number of hydrogen-bond acceptors (Lipinski definition) is 8. The third-order valence-corrected chi connectivity index (χ3v) is 4.90. The summed E-state index contributed by atoms with van der Waals surface area (Å²) in [6, 6.07) is 7.71. The van der Waals surface area contributed by atoms with E-state index in [1.807, 2.05) is 5.32 Å². The summed E-state index contributed by atoms with van der Waals surface area (Å²) in [5, 5.41) is 4.48. The third-order valence-electron chi connectivity index (χ3n) is 4.90. The van der Waals surface area contributed by atoms with Crippen LogP contribution in [0.25, 0.3) is 0 Å². The van der Waals surface area contributed by atoms with Crippen LogP contribution in [0.2, 0.25) is 0 Å². The number of carbonyl (C=O) groups excluding carboxylic acids is 4. The fourth-order valence-corrected chi connectivity index (χ4v) is 3.36. The van der Waals surface area contributed by atoms with E-state index >= 15 is 0 Å². The van der Waals surface area contributed by atoms with Crippen molar-refractivity contribution in [3.63, 3.8) is 0 Å². The number of rotatable bonds is 6. The Kier molecular flexibility index (Phi) is 6.24. The van der Waals surface area contributed by atoms with Gasteiger partial charge in [0.05, 0.1) is 18.7 Å². The summed E-state index contributed by atoms with van der Waals surface area (Å²) < 4.78 is 21.0. The number of nitrogens with one attached hydrogen (secondary N) is 2. The molecule has 3 heterocycles. The summed E-state index contributed by atoms with van der Waals surface area (Å²) >= 11 is 0. The quantitative estimate of drug-likeness (QED) is 0.631. The lowest BCUT2D eigenvalue weighted by molar-refractivity contribution is -0.152. The van der Waals surface area contributed by atoms with Crippen LogP contribution < -0.4 is 25.0 Å². The van der Waals surface area contributed by atoms with Gasteiger partial charge in [-0.15, -0.1) is 0 Å². The van der Waals surface area contributed by atoms with Gasteiger partial charge in [0.1, 0.15) is 19.0 Å². The van der Waals surface area contributed by atoms with E-state index in [1.165, 1.54) is 11.2 Å². The second-order valence-electron chi connectivity index (χ2n) is 7.15. The standard InChI is InChI=1S/C21H21N3O8/c25-18(23-21(28)22-10-15-2-1-5-29-15)12-32-20(27)13-8-19(26)24(11-13)14-3-4-16-17(9-14)31-7-6-30-16/h1-5,9,13H,6-8,10-12H2,(H2,22,23,25,28)/t13-/m1/s1. The molecule has 1 saturated heterocycles. The van der Waals surface area contributed by atoms with Crippen molar-refractivity contribution in [3.8, 4) is 11.5 Å². The van der Waals surface area contributed by atoms with Crippen molar-refractivity contribution in [1.82, 2.24) is 10.6 Å². The molecular formula is C21H21N3O8. The van der Waals surface area contributed by atoms with Gasteiger partial charge in [-0.05, 0) is 24.3 Å². The molecule has 0 unspecified atom stereocenters. The van der Waals surface area contributed by atoms with Crippen LogP contribution in [0.5, 0.6) is 11.5 Å². The van der Waals surface area contributed by atoms with Crippen molar-refractivity contribution in [2.45, 2.75) is 13.0 Å². The summed E-state index contributed by atoms with van der Waals surface area (Å²) in [4.78, 5) is 49.8. The molecule has 2 aromatic rings. The van der Waals surface area contributed by atoms with Gasteiger partial charge in [-0.25, -0.2) is 4.79 Å². The first kappa shape index (κ1) is 21.2. The summed E-state index contributed by atoms with van der Waals surface area (Å²) in [6.45, 7) is 0.459. The molecule has 0 aliphatic carbocycles. The summed E-state index contributed by atoms with van der Waals surface area (Å²) in [7, 11) is 0. The van der Waals surface area contributed by atoms with E-state index in [2.05, 4.69) is 5.32 Å². The van der Waals surface area contributed by atoms with Crippen LogP contribution in [0.3, 0.4) is 0 Å². The average Bonchev–Trinajstić information content (AvgIpc) is 3.45. The zero-order valence-electron chi connectivity index (χ0n) is 17.0. The van der Waals surface area contributed by atoms with E-state index in [0.717, 1.165) is 0 Å². The maximum absolute atomic E-state index is 12.4. The molecule has 2 N–H and O–H groups in total. The molecule has 0 radical (unpaired) electrons. The molecule has 2 aliphatic heterocycles. The highest BCUT2D eigenvalue weighted by Gasteiger charge is 2.37. The Morgan fingerprint density at radius 2 is 1.94 bits per heavy atom. The van der Waals surface area contributed by atoms with Gasteiger partial charge in [0.2, 0.25) is 5.91 Å². The van der Waals surface area contributed by atoms with Crippen molar-refractivity contribution in [1.29, 1.82) is 0 Å². The predicted molar refractivity (Wildman–Crippen MR) is 108 cm³/mol. The molecule has 32 heavy (non-hydrogen) atoms. The molecule has 4 amide bonds. The lowest BCUT2D eigenvalue weighted by atomic mass is 10.1. The van der Waals surface area contributed by atoms with E-state index in [-0.39, 0.29) is 25.4 Å². The van der Waals surface area contributed by atoms with Gasteiger partial charge < -0.3 is 28.8 Å². The molecule has 1 fully saturated rings. The molecule has 1 aromatic carbocycles. The summed E-state index contributed by atoms with van der Waals surface area (Å²) in [5.74, 6) is -0.793. The zero-order valence-corrected chi connectivity index (χ0v) is 17.0. The van der Waals surface area contributed by atoms with Crippen molar-refractivity contribution in [2.75, 3.05) is 31.3 Å². The van der Waals surface area contributed by atoms with Crippen molar-refractivity contribution < 1.29 is 37.8 Å². The van der Waals surface area contributed by atoms with Gasteiger partial charge in [0, 0.05) is 24.7 Å². The summed E-state index contributed by atoms with van der Waals surface area (Å²) in [5.41, 5.74) is 0.584. The lowest BCUT2D eigenvalue weighted by Crippen LogP contribution is -2.41. The van der Waals surface area contributed by atoms with Gasteiger partial charge >= 0.3 is 12.0 Å². The number of benzene rings is 1. The smallest absolute Gasteiger partial charge is 0.321 e. The molecule has 11 heteroatoms. The first-order valence-corrected chi connectivity index (χ1v) is 9.96. The van der Waals surface area contributed by atoms with E-state index in [0.29, 0.717) is 36.2 Å². The summed E-state index contributed by atoms with van der Waals surface area (Å²) in [6.07, 6.45) is 1.42. The van der Waals surface area contributed by atoms with E-state index in [1.54, 1.807) is 30.3 Å². The van der Waals surface area contributed by atoms with Crippen LogP contribution in [0.4, 0.5) is 10.5 Å². The van der Waals surface area contributed by atoms with Gasteiger partial charge in [-0.3, -0.25) is 19.7 Å². The van der Waals surface area contributed by atoms with Gasteiger partial charge in [0.15, 0.2) is 18.1 Å². The molecule has 168 valence electrons. The van der Waals surface area contributed by atoms with Crippen molar-refractivity contribution >= 4 is 29.5 Å². The number of nitrogens with zero attached hydrogens (tertiary/aromatic N) is 1. The fourth-order valence-electron chi connectivity index (χ4n) is 3.36. The minimum atomic E-state index is -0.789. The van der Waals surface area contributed by atoms with Crippen LogP contribution in [0.15, 0.2) is 41.0 Å². The van der Waals surface area contributed by atoms with E-state index in [4.69, 9.17) is 18.6 Å². The molecule has 1 atom stereocenters. The third kappa shape index (κ3) is 4.99. The van der Waals surface area contributed by atoms with Crippen molar-refractivity contribution in [3.05, 3.63) is 42.4 Å². The molecule has 0 saturated carbocycles. The van der Waals surface area contributed by atoms with Gasteiger partial charge in [-0.2, -0.15) is 0 Å². The zero-order chi connectivity index (χ0) is 22.5. The van der Waals surface area contributed by atoms with Gasteiger partial charge in [-0.1, -0.05) is 0 Å². The minimum absolute atomic E-state index is 0.0431. The van der Waals surface area contributed by atoms with Crippen LogP contribution >= 0.6 is 0 Å². The SMILES string of the molecule is O=C(COC(=O)[C@@H]1CC(=O)N(c2ccc3c(c2)OCCO3)C1)NC(=O)NCc1ccco1. The number of esters is 1. The molecule has 0 spiro atoms. The fraction of sp³-hybridized carbons (Fsp3) is 0.333. The maximum atomic E-state index is 12.4. The Morgan fingerprint density at radius 1 is 1.12 bits per heavy atom. The highest BCUT2D eigenvalue weighted by atomic mass is 16.6. The molecule has 11 nitrogen and oxygen atoms in total. The van der Waals surface area contributed by atoms with Crippen LogP contribution in [0.1, 0.15) is 12.2 Å². The first-order chi connectivity index (χ1) is 15.5. The van der Waals surface area contributed by atoms with Crippen LogP contribution in [-0.4, -0.2) is 50.2 Å². The first-order valence-electron chi connectivity index (χ1n) is 9.96. The largest absolute Gasteiger partial charge is 0.486 e. The van der Waals surface area contributed by atoms with Crippen LogP contribution in [-0.2, 0) is 25.7 Å². The Morgan fingerprint density at radius 3 is 2.72 bits per heavy atom. The Bertz CT molecular complexity index is 1020. The second-order valence-corrected chi connectivity index (χ2v) is 7.15. The molecular weight excluding hydrogens is 422 g/mol. The van der Waals surface area contributed by atoms with E-state index < -0.39 is 30.4 Å². The number of fused-ring (bicyclic) bond motifs is 1. The lowest BCUT2D eigenvalue weighted by Gasteiger charge is -2.22. The normalized spacial score (nSPS) is 17.1. The number of imide groups is 1. The highest BCUT2D eigenvalue weighted by molar-refractivity contribution is 6.00. The number of furan rings is 1. The Balaban J connectivity index is 1.24. The van der Waals surface area contributed by atoms with Gasteiger partial charge in [0.25, 0.3) is 5.91 Å². The Hall–Kier alpha value is -4.02. The van der Waals surface area contributed by atoms with Crippen molar-refractivity contribution in [2.24, 2.45) is 5.92 Å². The second kappa shape index (κ2) is 9.41. The number of hydrogen-bond donors (Lipinski definition) is 2. The monoisotopic (exact) mass is 443 g/mol.